The van der Waals surface area contributed by atoms with Crippen LogP contribution in [0.3, 0.4) is 0 Å². The molecule has 1 aromatic heterocycles. The number of nitrogens with one attached hydrogen (secondary N) is 1. The van der Waals surface area contributed by atoms with E-state index in [9.17, 15) is 8.42 Å². The van der Waals surface area contributed by atoms with Crippen LogP contribution < -0.4 is 5.32 Å². The summed E-state index contributed by atoms with van der Waals surface area (Å²) in [5.41, 5.74) is 0. The van der Waals surface area contributed by atoms with Gasteiger partial charge < -0.3 is 5.32 Å². The van der Waals surface area contributed by atoms with Gasteiger partial charge in [0.2, 0.25) is 10.0 Å². The van der Waals surface area contributed by atoms with Crippen molar-refractivity contribution >= 4 is 21.4 Å². The highest BCUT2D eigenvalue weighted by Gasteiger charge is 2.34. The zero-order valence-electron chi connectivity index (χ0n) is 11.7. The molecule has 1 fully saturated rings. The van der Waals surface area contributed by atoms with Gasteiger partial charge in [0.1, 0.15) is 0 Å². The molecule has 1 aromatic rings. The van der Waals surface area contributed by atoms with Gasteiger partial charge in [-0.15, -0.1) is 11.3 Å². The zero-order chi connectivity index (χ0) is 14.0. The van der Waals surface area contributed by atoms with E-state index in [-0.39, 0.29) is 0 Å². The fourth-order valence-electron chi connectivity index (χ4n) is 2.43. The lowest BCUT2D eigenvalue weighted by atomic mass is 9.96. The van der Waals surface area contributed by atoms with Gasteiger partial charge in [-0.3, -0.25) is 0 Å². The summed E-state index contributed by atoms with van der Waals surface area (Å²) in [6.45, 7) is 6.36. The SMILES string of the molecule is CNCc1cc(S(=O)(=O)N2CCC(C(C)C)C2)cs1. The van der Waals surface area contributed by atoms with E-state index in [4.69, 9.17) is 0 Å². The molecule has 6 heteroatoms. The van der Waals surface area contributed by atoms with Crippen LogP contribution in [-0.4, -0.2) is 32.9 Å². The number of rotatable bonds is 5. The topological polar surface area (TPSA) is 49.4 Å². The molecule has 1 unspecified atom stereocenters. The first-order chi connectivity index (χ1) is 8.95. The van der Waals surface area contributed by atoms with Crippen molar-refractivity contribution in [2.24, 2.45) is 11.8 Å². The third-order valence-electron chi connectivity index (χ3n) is 3.75. The Kier molecular flexibility index (Phi) is 4.66. The molecule has 0 saturated carbocycles. The van der Waals surface area contributed by atoms with Crippen molar-refractivity contribution in [2.45, 2.75) is 31.7 Å². The molecular formula is C13H22N2O2S2. The number of sulfonamides is 1. The zero-order valence-corrected chi connectivity index (χ0v) is 13.4. The second-order valence-electron chi connectivity index (χ2n) is 5.43. The minimum atomic E-state index is -3.29. The normalized spacial score (nSPS) is 21.4. The molecule has 2 heterocycles. The summed E-state index contributed by atoms with van der Waals surface area (Å²) < 4.78 is 26.7. The van der Waals surface area contributed by atoms with Crippen LogP contribution in [0, 0.1) is 11.8 Å². The maximum Gasteiger partial charge on any atom is 0.243 e. The molecule has 19 heavy (non-hydrogen) atoms. The highest BCUT2D eigenvalue weighted by atomic mass is 32.2. The van der Waals surface area contributed by atoms with Gasteiger partial charge >= 0.3 is 0 Å². The Balaban J connectivity index is 2.14. The van der Waals surface area contributed by atoms with E-state index in [2.05, 4.69) is 19.2 Å². The lowest BCUT2D eigenvalue weighted by Gasteiger charge is -2.17. The second kappa shape index (κ2) is 5.91. The molecule has 0 spiro atoms. The molecule has 1 N–H and O–H groups in total. The first kappa shape index (κ1) is 15.0. The average molecular weight is 302 g/mol. The van der Waals surface area contributed by atoms with E-state index in [0.717, 1.165) is 17.8 Å². The molecule has 0 bridgehead atoms. The standard InChI is InChI=1S/C13H22N2O2S2/c1-10(2)11-4-5-15(8-11)19(16,17)13-6-12(7-14-3)18-9-13/h6,9-11,14H,4-5,7-8H2,1-3H3. The van der Waals surface area contributed by atoms with Crippen LogP contribution in [0.2, 0.25) is 0 Å². The van der Waals surface area contributed by atoms with E-state index in [1.807, 2.05) is 7.05 Å². The molecule has 1 atom stereocenters. The fraction of sp³-hybridized carbons (Fsp3) is 0.692. The van der Waals surface area contributed by atoms with Crippen LogP contribution in [0.1, 0.15) is 25.1 Å². The number of thiophene rings is 1. The molecule has 2 rings (SSSR count). The predicted octanol–water partition coefficient (Wildman–Crippen LogP) is 2.13. The quantitative estimate of drug-likeness (QED) is 0.906. The van der Waals surface area contributed by atoms with Crippen molar-refractivity contribution in [1.82, 2.24) is 9.62 Å². The van der Waals surface area contributed by atoms with Gasteiger partial charge in [-0.25, -0.2) is 8.42 Å². The van der Waals surface area contributed by atoms with E-state index in [0.29, 0.717) is 29.8 Å². The average Bonchev–Trinajstić information content (AvgIpc) is 2.98. The summed E-state index contributed by atoms with van der Waals surface area (Å²) in [7, 11) is -1.42. The van der Waals surface area contributed by atoms with Crippen LogP contribution in [0.5, 0.6) is 0 Å². The Bertz CT molecular complexity index is 523. The molecule has 0 aliphatic carbocycles. The smallest absolute Gasteiger partial charge is 0.243 e. The summed E-state index contributed by atoms with van der Waals surface area (Å²) in [5.74, 6) is 1.03. The van der Waals surface area contributed by atoms with E-state index < -0.39 is 10.0 Å². The van der Waals surface area contributed by atoms with Gasteiger partial charge in [-0.05, 0) is 31.4 Å². The molecule has 1 aliphatic heterocycles. The molecule has 1 saturated heterocycles. The lowest BCUT2D eigenvalue weighted by molar-refractivity contribution is 0.388. The van der Waals surface area contributed by atoms with E-state index >= 15 is 0 Å². The Morgan fingerprint density at radius 3 is 2.84 bits per heavy atom. The van der Waals surface area contributed by atoms with Crippen LogP contribution in [0.4, 0.5) is 0 Å². The number of hydrogen-bond donors (Lipinski definition) is 1. The van der Waals surface area contributed by atoms with Crippen LogP contribution >= 0.6 is 11.3 Å². The summed E-state index contributed by atoms with van der Waals surface area (Å²) in [6.07, 6.45) is 0.977. The third kappa shape index (κ3) is 3.18. The van der Waals surface area contributed by atoms with Crippen molar-refractivity contribution in [3.8, 4) is 0 Å². The maximum absolute atomic E-state index is 12.5. The molecule has 108 valence electrons. The highest BCUT2D eigenvalue weighted by Crippen LogP contribution is 2.30. The van der Waals surface area contributed by atoms with Crippen LogP contribution in [-0.2, 0) is 16.6 Å². The minimum absolute atomic E-state index is 0.451. The van der Waals surface area contributed by atoms with Crippen molar-refractivity contribution in [2.75, 3.05) is 20.1 Å². The van der Waals surface area contributed by atoms with Crippen molar-refractivity contribution < 1.29 is 8.42 Å². The number of nitrogens with zero attached hydrogens (tertiary/aromatic N) is 1. The monoisotopic (exact) mass is 302 g/mol. The molecule has 1 aliphatic rings. The Morgan fingerprint density at radius 1 is 1.53 bits per heavy atom. The Hall–Kier alpha value is -0.430. The van der Waals surface area contributed by atoms with E-state index in [1.165, 1.54) is 11.3 Å². The van der Waals surface area contributed by atoms with Crippen molar-refractivity contribution in [3.63, 3.8) is 0 Å². The predicted molar refractivity (Wildman–Crippen MR) is 78.8 cm³/mol. The molecular weight excluding hydrogens is 280 g/mol. The minimum Gasteiger partial charge on any atom is -0.315 e. The molecule has 4 nitrogen and oxygen atoms in total. The van der Waals surface area contributed by atoms with Gasteiger partial charge in [0.05, 0.1) is 4.90 Å². The van der Waals surface area contributed by atoms with Gasteiger partial charge in [-0.2, -0.15) is 4.31 Å². The summed E-state index contributed by atoms with van der Waals surface area (Å²) in [5, 5.41) is 4.80. The molecule has 0 amide bonds. The Morgan fingerprint density at radius 2 is 2.26 bits per heavy atom. The van der Waals surface area contributed by atoms with Crippen molar-refractivity contribution in [3.05, 3.63) is 16.3 Å². The highest BCUT2D eigenvalue weighted by molar-refractivity contribution is 7.89. The summed E-state index contributed by atoms with van der Waals surface area (Å²) >= 11 is 1.50. The van der Waals surface area contributed by atoms with Gasteiger partial charge in [0.15, 0.2) is 0 Å². The van der Waals surface area contributed by atoms with Gasteiger partial charge in [-0.1, -0.05) is 13.8 Å². The first-order valence-corrected chi connectivity index (χ1v) is 8.99. The first-order valence-electron chi connectivity index (χ1n) is 6.67. The largest absolute Gasteiger partial charge is 0.315 e. The lowest BCUT2D eigenvalue weighted by Crippen LogP contribution is -2.29. The Labute approximate surface area is 119 Å². The van der Waals surface area contributed by atoms with Crippen LogP contribution in [0.15, 0.2) is 16.3 Å². The fourth-order valence-corrected chi connectivity index (χ4v) is 5.21. The van der Waals surface area contributed by atoms with Gasteiger partial charge in [0.25, 0.3) is 0 Å². The summed E-state index contributed by atoms with van der Waals surface area (Å²) in [6, 6.07) is 1.79. The number of hydrogen-bond acceptors (Lipinski definition) is 4. The van der Waals surface area contributed by atoms with Crippen LogP contribution in [0.25, 0.3) is 0 Å². The van der Waals surface area contributed by atoms with E-state index in [1.54, 1.807) is 15.8 Å². The van der Waals surface area contributed by atoms with Gasteiger partial charge in [0, 0.05) is 29.9 Å². The molecule has 0 radical (unpaired) electrons. The molecule has 0 aromatic carbocycles. The maximum atomic E-state index is 12.5. The third-order valence-corrected chi connectivity index (χ3v) is 6.68. The summed E-state index contributed by atoms with van der Waals surface area (Å²) in [4.78, 5) is 1.51. The van der Waals surface area contributed by atoms with Crippen molar-refractivity contribution in [1.29, 1.82) is 0 Å². The second-order valence-corrected chi connectivity index (χ2v) is 8.37.